The average Bonchev–Trinajstić information content (AvgIpc) is 2.42. The Balaban J connectivity index is 2.33. The van der Waals surface area contributed by atoms with Crippen LogP contribution >= 0.6 is 0 Å². The SMILES string of the molecule is CN1CCC(N(C)C(CN)CCNC(=O)OC(C)(C)C)CC1. The van der Waals surface area contributed by atoms with Gasteiger partial charge in [-0.05, 0) is 67.2 Å². The predicted octanol–water partition coefficient (Wildman–Crippen LogP) is 1.25. The van der Waals surface area contributed by atoms with E-state index >= 15 is 0 Å². The molecule has 0 aromatic carbocycles. The number of rotatable bonds is 6. The molecule has 6 heteroatoms. The van der Waals surface area contributed by atoms with Crippen molar-refractivity contribution in [2.45, 2.75) is 57.7 Å². The lowest BCUT2D eigenvalue weighted by Crippen LogP contribution is -2.49. The normalized spacial score (nSPS) is 19.2. The summed E-state index contributed by atoms with van der Waals surface area (Å²) in [5.74, 6) is 0. The second-order valence-corrected chi connectivity index (χ2v) is 7.31. The van der Waals surface area contributed by atoms with E-state index in [1.54, 1.807) is 0 Å². The number of nitrogens with zero attached hydrogens (tertiary/aromatic N) is 2. The fourth-order valence-electron chi connectivity index (χ4n) is 2.84. The van der Waals surface area contributed by atoms with E-state index in [0.717, 1.165) is 19.5 Å². The highest BCUT2D eigenvalue weighted by atomic mass is 16.6. The Morgan fingerprint density at radius 2 is 2.00 bits per heavy atom. The van der Waals surface area contributed by atoms with Crippen molar-refractivity contribution in [3.05, 3.63) is 0 Å². The molecule has 0 aromatic rings. The number of carbonyl (C=O) groups is 1. The van der Waals surface area contributed by atoms with Gasteiger partial charge in [-0.25, -0.2) is 4.79 Å². The fourth-order valence-corrected chi connectivity index (χ4v) is 2.84. The van der Waals surface area contributed by atoms with E-state index in [-0.39, 0.29) is 6.09 Å². The van der Waals surface area contributed by atoms with E-state index in [2.05, 4.69) is 29.2 Å². The summed E-state index contributed by atoms with van der Waals surface area (Å²) < 4.78 is 5.24. The first-order chi connectivity index (χ1) is 10.2. The molecule has 1 amide bonds. The van der Waals surface area contributed by atoms with Crippen LogP contribution in [0.4, 0.5) is 4.79 Å². The zero-order valence-electron chi connectivity index (χ0n) is 14.9. The molecule has 3 N–H and O–H groups in total. The Morgan fingerprint density at radius 1 is 1.41 bits per heavy atom. The number of likely N-dealkylation sites (tertiary alicyclic amines) is 1. The van der Waals surface area contributed by atoms with Gasteiger partial charge in [0.1, 0.15) is 5.60 Å². The quantitative estimate of drug-likeness (QED) is 0.772. The summed E-state index contributed by atoms with van der Waals surface area (Å²) in [5.41, 5.74) is 5.47. The van der Waals surface area contributed by atoms with Crippen molar-refractivity contribution < 1.29 is 9.53 Å². The van der Waals surface area contributed by atoms with Gasteiger partial charge in [-0.1, -0.05) is 0 Å². The molecule has 1 aliphatic rings. The van der Waals surface area contributed by atoms with Gasteiger partial charge in [0.2, 0.25) is 0 Å². The molecule has 1 unspecified atom stereocenters. The first kappa shape index (κ1) is 19.2. The standard InChI is InChI=1S/C16H34N4O2/c1-16(2,3)22-15(21)18-9-6-14(12-17)20(5)13-7-10-19(4)11-8-13/h13-14H,6-12,17H2,1-5H3,(H,18,21). The van der Waals surface area contributed by atoms with Crippen molar-refractivity contribution in [2.75, 3.05) is 40.3 Å². The lowest BCUT2D eigenvalue weighted by atomic mass is 10.0. The van der Waals surface area contributed by atoms with E-state index < -0.39 is 5.60 Å². The van der Waals surface area contributed by atoms with Crippen molar-refractivity contribution in [1.29, 1.82) is 0 Å². The topological polar surface area (TPSA) is 70.8 Å². The van der Waals surface area contributed by atoms with Crippen LogP contribution in [0.2, 0.25) is 0 Å². The maximum absolute atomic E-state index is 11.7. The number of piperidine rings is 1. The lowest BCUT2D eigenvalue weighted by Gasteiger charge is -2.39. The molecular weight excluding hydrogens is 280 g/mol. The van der Waals surface area contributed by atoms with Gasteiger partial charge in [-0.15, -0.1) is 0 Å². The first-order valence-corrected chi connectivity index (χ1v) is 8.30. The minimum atomic E-state index is -0.456. The third-order valence-electron chi connectivity index (χ3n) is 4.26. The highest BCUT2D eigenvalue weighted by Crippen LogP contribution is 2.17. The first-order valence-electron chi connectivity index (χ1n) is 8.30. The number of likely N-dealkylation sites (N-methyl/N-ethyl adjacent to an activating group) is 1. The molecule has 6 nitrogen and oxygen atoms in total. The Bertz CT molecular complexity index is 336. The van der Waals surface area contributed by atoms with Gasteiger partial charge < -0.3 is 20.7 Å². The van der Waals surface area contributed by atoms with Crippen molar-refractivity contribution in [1.82, 2.24) is 15.1 Å². The van der Waals surface area contributed by atoms with E-state index in [1.165, 1.54) is 12.8 Å². The Labute approximate surface area is 135 Å². The van der Waals surface area contributed by atoms with Crippen LogP contribution in [0.1, 0.15) is 40.0 Å². The van der Waals surface area contributed by atoms with Crippen molar-refractivity contribution in [2.24, 2.45) is 5.73 Å². The van der Waals surface area contributed by atoms with Crippen LogP contribution in [0.3, 0.4) is 0 Å². The summed E-state index contributed by atoms with van der Waals surface area (Å²) in [7, 11) is 4.32. The summed E-state index contributed by atoms with van der Waals surface area (Å²) in [6.07, 6.45) is 2.86. The maximum atomic E-state index is 11.7. The van der Waals surface area contributed by atoms with E-state index in [1.807, 2.05) is 20.8 Å². The molecule has 0 saturated carbocycles. The second kappa shape index (κ2) is 8.70. The molecule has 1 fully saturated rings. The summed E-state index contributed by atoms with van der Waals surface area (Å²) in [6, 6.07) is 0.884. The Morgan fingerprint density at radius 3 is 2.50 bits per heavy atom. The smallest absolute Gasteiger partial charge is 0.407 e. The number of hydrogen-bond donors (Lipinski definition) is 2. The van der Waals surface area contributed by atoms with Gasteiger partial charge in [0.05, 0.1) is 0 Å². The number of hydrogen-bond acceptors (Lipinski definition) is 5. The third kappa shape index (κ3) is 6.94. The minimum absolute atomic E-state index is 0.295. The number of carbonyl (C=O) groups excluding carboxylic acids is 1. The number of ether oxygens (including phenoxy) is 1. The van der Waals surface area contributed by atoms with Gasteiger partial charge in [0, 0.05) is 25.2 Å². The zero-order valence-corrected chi connectivity index (χ0v) is 14.9. The van der Waals surface area contributed by atoms with E-state index in [0.29, 0.717) is 25.2 Å². The van der Waals surface area contributed by atoms with Crippen LogP contribution in [0.5, 0.6) is 0 Å². The average molecular weight is 314 g/mol. The van der Waals surface area contributed by atoms with E-state index in [4.69, 9.17) is 10.5 Å². The van der Waals surface area contributed by atoms with Gasteiger partial charge in [-0.3, -0.25) is 4.90 Å². The molecule has 0 spiro atoms. The molecule has 22 heavy (non-hydrogen) atoms. The number of amides is 1. The van der Waals surface area contributed by atoms with Crippen LogP contribution in [-0.2, 0) is 4.74 Å². The molecule has 1 heterocycles. The molecule has 130 valence electrons. The molecule has 0 aromatic heterocycles. The molecule has 1 aliphatic heterocycles. The summed E-state index contributed by atoms with van der Waals surface area (Å²) in [5, 5.41) is 2.82. The van der Waals surface area contributed by atoms with Crippen molar-refractivity contribution in [3.63, 3.8) is 0 Å². The van der Waals surface area contributed by atoms with Gasteiger partial charge in [0.25, 0.3) is 0 Å². The summed E-state index contributed by atoms with van der Waals surface area (Å²) >= 11 is 0. The molecule has 1 rings (SSSR count). The van der Waals surface area contributed by atoms with Gasteiger partial charge in [-0.2, -0.15) is 0 Å². The van der Waals surface area contributed by atoms with Crippen LogP contribution in [0.25, 0.3) is 0 Å². The summed E-state index contributed by atoms with van der Waals surface area (Å²) in [6.45, 7) is 9.08. The molecule has 0 bridgehead atoms. The Kier molecular flexibility index (Phi) is 7.59. The molecule has 1 saturated heterocycles. The lowest BCUT2D eigenvalue weighted by molar-refractivity contribution is 0.0517. The number of alkyl carbamates (subject to hydrolysis) is 1. The Hall–Kier alpha value is -0.850. The van der Waals surface area contributed by atoms with Gasteiger partial charge >= 0.3 is 6.09 Å². The monoisotopic (exact) mass is 314 g/mol. The maximum Gasteiger partial charge on any atom is 0.407 e. The molecule has 1 atom stereocenters. The minimum Gasteiger partial charge on any atom is -0.444 e. The predicted molar refractivity (Wildman–Crippen MR) is 90.0 cm³/mol. The number of nitrogens with two attached hydrogens (primary N) is 1. The number of nitrogens with one attached hydrogen (secondary N) is 1. The summed E-state index contributed by atoms with van der Waals surface area (Å²) in [4.78, 5) is 16.4. The van der Waals surface area contributed by atoms with Crippen LogP contribution in [0, 0.1) is 0 Å². The van der Waals surface area contributed by atoms with Gasteiger partial charge in [0.15, 0.2) is 0 Å². The molecular formula is C16H34N4O2. The van der Waals surface area contributed by atoms with Crippen molar-refractivity contribution >= 4 is 6.09 Å². The highest BCUT2D eigenvalue weighted by Gasteiger charge is 2.25. The van der Waals surface area contributed by atoms with Crippen LogP contribution in [0.15, 0.2) is 0 Å². The fraction of sp³-hybridized carbons (Fsp3) is 0.938. The molecule has 0 radical (unpaired) electrons. The molecule has 0 aliphatic carbocycles. The van der Waals surface area contributed by atoms with E-state index in [9.17, 15) is 4.79 Å². The second-order valence-electron chi connectivity index (χ2n) is 7.31. The zero-order chi connectivity index (χ0) is 16.8. The van der Waals surface area contributed by atoms with Crippen LogP contribution in [-0.4, -0.2) is 73.9 Å². The van der Waals surface area contributed by atoms with Crippen LogP contribution < -0.4 is 11.1 Å². The largest absolute Gasteiger partial charge is 0.444 e. The third-order valence-corrected chi connectivity index (χ3v) is 4.26. The van der Waals surface area contributed by atoms with Crippen molar-refractivity contribution in [3.8, 4) is 0 Å². The highest BCUT2D eigenvalue weighted by molar-refractivity contribution is 5.67.